The van der Waals surface area contributed by atoms with E-state index in [9.17, 15) is 0 Å². The van der Waals surface area contributed by atoms with Crippen LogP contribution >= 0.6 is 12.4 Å². The van der Waals surface area contributed by atoms with Crippen molar-refractivity contribution in [3.05, 3.63) is 12.2 Å². The van der Waals surface area contributed by atoms with Gasteiger partial charge in [0.25, 0.3) is 0 Å². The fraction of sp³-hybridized carbons (Fsp3) is 0.500. The summed E-state index contributed by atoms with van der Waals surface area (Å²) < 4.78 is 0. The smallest absolute Gasteiger partial charge is 0.0470 e. The summed E-state index contributed by atoms with van der Waals surface area (Å²) in [5.41, 5.74) is 0. The van der Waals surface area contributed by atoms with Crippen LogP contribution < -0.4 is 0 Å². The SMILES string of the molecule is CC=CC.Cl. The molecule has 0 spiro atoms. The first-order chi connectivity index (χ1) is 1.91. The van der Waals surface area contributed by atoms with E-state index >= 15 is 0 Å². The van der Waals surface area contributed by atoms with Crippen molar-refractivity contribution in [1.29, 1.82) is 0 Å². The Hall–Kier alpha value is 0.0300. The molecule has 0 bridgehead atoms. The van der Waals surface area contributed by atoms with Gasteiger partial charge in [-0.3, -0.25) is 0 Å². The maximum atomic E-state index is 2.00. The molecule has 1 heteroatoms. The summed E-state index contributed by atoms with van der Waals surface area (Å²) in [6, 6.07) is 0. The molecule has 0 nitrogen and oxygen atoms in total. The Bertz CT molecular complexity index is 18.8. The van der Waals surface area contributed by atoms with Gasteiger partial charge < -0.3 is 0 Å². The fourth-order valence-corrected chi connectivity index (χ4v) is 0. The molecule has 0 saturated carbocycles. The lowest BCUT2D eigenvalue weighted by Gasteiger charge is -1.49. The van der Waals surface area contributed by atoms with Gasteiger partial charge in [-0.15, -0.1) is 12.4 Å². The molecule has 0 aliphatic rings. The van der Waals surface area contributed by atoms with Crippen LogP contribution in [0.25, 0.3) is 0 Å². The van der Waals surface area contributed by atoms with Crippen LogP contribution in [0.2, 0.25) is 0 Å². The van der Waals surface area contributed by atoms with E-state index in [4.69, 9.17) is 0 Å². The summed E-state index contributed by atoms with van der Waals surface area (Å²) in [6.45, 7) is 4.00. The molecule has 0 radical (unpaired) electrons. The molecule has 5 heavy (non-hydrogen) atoms. The van der Waals surface area contributed by atoms with Gasteiger partial charge >= 0.3 is 0 Å². The van der Waals surface area contributed by atoms with E-state index in [2.05, 4.69) is 0 Å². The maximum Gasteiger partial charge on any atom is -0.0470 e. The highest BCUT2D eigenvalue weighted by atomic mass is 35.5. The molecule has 0 heterocycles. The molecular formula is C4H9Cl. The minimum atomic E-state index is 0. The van der Waals surface area contributed by atoms with Crippen LogP contribution in [0.1, 0.15) is 13.8 Å². The van der Waals surface area contributed by atoms with Crippen LogP contribution in [0, 0.1) is 0 Å². The highest BCUT2D eigenvalue weighted by Gasteiger charge is 1.34. The standard InChI is InChI=1S/C4H8.ClH/c1-3-4-2;/h3-4H,1-2H3;1H. The van der Waals surface area contributed by atoms with Gasteiger partial charge in [0.15, 0.2) is 0 Å². The Morgan fingerprint density at radius 1 is 1.00 bits per heavy atom. The second kappa shape index (κ2) is 8.98. The van der Waals surface area contributed by atoms with Gasteiger partial charge in [-0.2, -0.15) is 0 Å². The molecule has 0 rings (SSSR count). The van der Waals surface area contributed by atoms with Crippen LogP contribution in [0.5, 0.6) is 0 Å². The topological polar surface area (TPSA) is 0 Å². The van der Waals surface area contributed by atoms with Gasteiger partial charge in [-0.1, -0.05) is 12.2 Å². The molecule has 0 aromatic rings. The number of hydrogen-bond donors (Lipinski definition) is 0. The monoisotopic (exact) mass is 92.0 g/mol. The minimum absolute atomic E-state index is 0. The van der Waals surface area contributed by atoms with Gasteiger partial charge in [0, 0.05) is 0 Å². The molecule has 0 atom stereocenters. The van der Waals surface area contributed by atoms with Gasteiger partial charge in [-0.25, -0.2) is 0 Å². The number of halogens is 1. The molecule has 0 aliphatic heterocycles. The van der Waals surface area contributed by atoms with Crippen molar-refractivity contribution in [2.24, 2.45) is 0 Å². The molecule has 0 aliphatic carbocycles. The van der Waals surface area contributed by atoms with Crippen LogP contribution in [-0.2, 0) is 0 Å². The van der Waals surface area contributed by atoms with E-state index in [1.807, 2.05) is 26.0 Å². The lowest BCUT2D eigenvalue weighted by Crippen LogP contribution is -1.26. The Kier molecular flexibility index (Phi) is 16.0. The number of rotatable bonds is 0. The van der Waals surface area contributed by atoms with Crippen LogP contribution in [0.15, 0.2) is 12.2 Å². The highest BCUT2D eigenvalue weighted by molar-refractivity contribution is 5.85. The van der Waals surface area contributed by atoms with Crippen molar-refractivity contribution in [1.82, 2.24) is 0 Å². The van der Waals surface area contributed by atoms with Gasteiger partial charge in [0.2, 0.25) is 0 Å². The Morgan fingerprint density at radius 2 is 1.20 bits per heavy atom. The van der Waals surface area contributed by atoms with Gasteiger partial charge in [0.05, 0.1) is 0 Å². The van der Waals surface area contributed by atoms with E-state index in [1.165, 1.54) is 0 Å². The molecule has 0 aromatic carbocycles. The maximum absolute atomic E-state index is 2.00. The summed E-state index contributed by atoms with van der Waals surface area (Å²) in [5, 5.41) is 0. The summed E-state index contributed by atoms with van der Waals surface area (Å²) in [5.74, 6) is 0. The highest BCUT2D eigenvalue weighted by Crippen LogP contribution is 1.57. The van der Waals surface area contributed by atoms with Gasteiger partial charge in [0.1, 0.15) is 0 Å². The molecule has 0 fully saturated rings. The van der Waals surface area contributed by atoms with E-state index < -0.39 is 0 Å². The molecule has 0 aromatic heterocycles. The lowest BCUT2D eigenvalue weighted by molar-refractivity contribution is 1.64. The van der Waals surface area contributed by atoms with E-state index in [-0.39, 0.29) is 12.4 Å². The molecule has 32 valence electrons. The van der Waals surface area contributed by atoms with Crippen molar-refractivity contribution in [2.45, 2.75) is 13.8 Å². The zero-order chi connectivity index (χ0) is 3.41. The molecule has 0 amide bonds. The molecule has 0 N–H and O–H groups in total. The Morgan fingerprint density at radius 3 is 1.20 bits per heavy atom. The zero-order valence-corrected chi connectivity index (χ0v) is 4.38. The molecule has 0 unspecified atom stereocenters. The average molecular weight is 92.6 g/mol. The van der Waals surface area contributed by atoms with Crippen LogP contribution in [0.3, 0.4) is 0 Å². The van der Waals surface area contributed by atoms with Crippen molar-refractivity contribution < 1.29 is 0 Å². The largest absolute Gasteiger partial charge is 0.147 e. The van der Waals surface area contributed by atoms with Crippen LogP contribution in [-0.4, -0.2) is 0 Å². The summed E-state index contributed by atoms with van der Waals surface area (Å²) in [4.78, 5) is 0. The lowest BCUT2D eigenvalue weighted by atomic mass is 10.6. The van der Waals surface area contributed by atoms with Crippen molar-refractivity contribution >= 4 is 12.4 Å². The van der Waals surface area contributed by atoms with Gasteiger partial charge in [-0.05, 0) is 13.8 Å². The van der Waals surface area contributed by atoms with E-state index in [0.29, 0.717) is 0 Å². The summed E-state index contributed by atoms with van der Waals surface area (Å²) in [7, 11) is 0. The molecule has 0 saturated heterocycles. The summed E-state index contributed by atoms with van der Waals surface area (Å²) >= 11 is 0. The van der Waals surface area contributed by atoms with E-state index in [1.54, 1.807) is 0 Å². The van der Waals surface area contributed by atoms with Crippen molar-refractivity contribution in [3.63, 3.8) is 0 Å². The predicted octanol–water partition coefficient (Wildman–Crippen LogP) is 2.00. The first kappa shape index (κ1) is 8.90. The Balaban J connectivity index is 0. The first-order valence-corrected chi connectivity index (χ1v) is 1.49. The van der Waals surface area contributed by atoms with Crippen LogP contribution in [0.4, 0.5) is 0 Å². The second-order valence-corrected chi connectivity index (χ2v) is 0.667. The minimum Gasteiger partial charge on any atom is -0.147 e. The number of hydrogen-bond acceptors (Lipinski definition) is 0. The summed E-state index contributed by atoms with van der Waals surface area (Å²) in [6.07, 6.45) is 4.00. The third-order valence-electron chi connectivity index (χ3n) is 0.333. The normalized spacial score (nSPS) is 7.60. The van der Waals surface area contributed by atoms with Crippen molar-refractivity contribution in [2.75, 3.05) is 0 Å². The predicted molar refractivity (Wildman–Crippen MR) is 27.7 cm³/mol. The average Bonchev–Trinajstić information content (AvgIpc) is 1.37. The second-order valence-electron chi connectivity index (χ2n) is 0.667. The number of allylic oxidation sites excluding steroid dienone is 2. The third kappa shape index (κ3) is 15.7. The Labute approximate surface area is 39.3 Å². The van der Waals surface area contributed by atoms with Crippen molar-refractivity contribution in [3.8, 4) is 0 Å². The molecular weight excluding hydrogens is 83.5 g/mol. The quantitative estimate of drug-likeness (QED) is 0.401. The van der Waals surface area contributed by atoms with E-state index in [0.717, 1.165) is 0 Å². The third-order valence-corrected chi connectivity index (χ3v) is 0.333. The fourth-order valence-electron chi connectivity index (χ4n) is 0. The zero-order valence-electron chi connectivity index (χ0n) is 3.56. The first-order valence-electron chi connectivity index (χ1n) is 1.49.